The van der Waals surface area contributed by atoms with Gasteiger partial charge in [0.2, 0.25) is 0 Å². The van der Waals surface area contributed by atoms with E-state index in [1.54, 1.807) is 0 Å². The Kier molecular flexibility index (Phi) is 49.4. The molecule has 1 atom stereocenters. The van der Waals surface area contributed by atoms with Gasteiger partial charge in [0, 0.05) is 19.4 Å². The van der Waals surface area contributed by atoms with E-state index in [2.05, 4.69) is 69.4 Å². The average molecular weight is 841 g/mol. The third-order valence-corrected chi connectivity index (χ3v) is 11.3. The number of ether oxygens (including phenoxy) is 3. The zero-order chi connectivity index (χ0) is 43.5. The molecule has 0 aliphatic carbocycles. The number of hydrogen-bond donors (Lipinski definition) is 0. The Bertz CT molecular complexity index is 997. The monoisotopic (exact) mass is 841 g/mol. The Hall–Kier alpha value is -2.14. The van der Waals surface area contributed by atoms with Gasteiger partial charge in [0.25, 0.3) is 0 Å². The zero-order valence-electron chi connectivity index (χ0n) is 40.2. The fourth-order valence-corrected chi connectivity index (χ4v) is 7.39. The van der Waals surface area contributed by atoms with Crippen molar-refractivity contribution in [2.45, 2.75) is 271 Å². The first-order chi connectivity index (χ1) is 29.6. The number of esters is 2. The van der Waals surface area contributed by atoms with E-state index in [4.69, 9.17) is 14.2 Å². The molecule has 0 rings (SSSR count). The number of allylic oxidation sites excluding steroid dienone is 8. The van der Waals surface area contributed by atoms with E-state index in [9.17, 15) is 9.59 Å². The van der Waals surface area contributed by atoms with Crippen molar-refractivity contribution in [1.82, 2.24) is 0 Å². The van der Waals surface area contributed by atoms with Gasteiger partial charge in [0.05, 0.1) is 6.61 Å². The van der Waals surface area contributed by atoms with Gasteiger partial charge in [-0.25, -0.2) is 0 Å². The van der Waals surface area contributed by atoms with Gasteiger partial charge in [-0.1, -0.05) is 217 Å². The molecule has 0 N–H and O–H groups in total. The van der Waals surface area contributed by atoms with Crippen molar-refractivity contribution in [3.63, 3.8) is 0 Å². The molecule has 0 saturated heterocycles. The Balaban J connectivity index is 4.15. The lowest BCUT2D eigenvalue weighted by Crippen LogP contribution is -2.30. The topological polar surface area (TPSA) is 61.8 Å². The molecule has 0 spiro atoms. The maximum atomic E-state index is 12.8. The van der Waals surface area contributed by atoms with Gasteiger partial charge in [-0.2, -0.15) is 0 Å². The maximum Gasteiger partial charge on any atom is 0.306 e. The van der Waals surface area contributed by atoms with E-state index >= 15 is 0 Å². The molecule has 0 aromatic heterocycles. The molecule has 0 aromatic carbocycles. The molecule has 0 fully saturated rings. The lowest BCUT2D eigenvalue weighted by atomic mass is 10.1. The van der Waals surface area contributed by atoms with Crippen LogP contribution in [0.25, 0.3) is 0 Å². The highest BCUT2D eigenvalue weighted by Gasteiger charge is 2.17. The first-order valence-electron chi connectivity index (χ1n) is 26.2. The highest BCUT2D eigenvalue weighted by atomic mass is 16.6. The van der Waals surface area contributed by atoms with E-state index < -0.39 is 6.10 Å². The minimum absolute atomic E-state index is 0.0822. The second-order valence-corrected chi connectivity index (χ2v) is 17.4. The lowest BCUT2D eigenvalue weighted by Gasteiger charge is -2.18. The third kappa shape index (κ3) is 48.5. The van der Waals surface area contributed by atoms with Crippen LogP contribution >= 0.6 is 0 Å². The number of unbranched alkanes of at least 4 members (excludes halogenated alkanes) is 29. The summed E-state index contributed by atoms with van der Waals surface area (Å²) in [7, 11) is 0. The van der Waals surface area contributed by atoms with Crippen molar-refractivity contribution < 1.29 is 23.8 Å². The highest BCUT2D eigenvalue weighted by Crippen LogP contribution is 2.15. The third-order valence-electron chi connectivity index (χ3n) is 11.3. The van der Waals surface area contributed by atoms with Crippen molar-refractivity contribution in [3.05, 3.63) is 48.6 Å². The highest BCUT2D eigenvalue weighted by molar-refractivity contribution is 5.70. The molecule has 0 heterocycles. The molecule has 0 amide bonds. The molecule has 60 heavy (non-hydrogen) atoms. The largest absolute Gasteiger partial charge is 0.462 e. The molecule has 0 aliphatic rings. The van der Waals surface area contributed by atoms with Crippen molar-refractivity contribution in [2.75, 3.05) is 19.8 Å². The Morgan fingerprint density at radius 2 is 0.700 bits per heavy atom. The SMILES string of the molecule is CCCCC/C=C\C/C=C\CCCCCCCCCCCC(=O)OCC(COCCCCCCCCCC)OC(=O)CCCCCCCCC/C=C\C/C=C\CCCCC. The van der Waals surface area contributed by atoms with Crippen LogP contribution < -0.4 is 0 Å². The van der Waals surface area contributed by atoms with E-state index in [1.807, 2.05) is 0 Å². The molecule has 0 aromatic rings. The molecule has 0 bridgehead atoms. The Labute approximate surface area is 373 Å². The lowest BCUT2D eigenvalue weighted by molar-refractivity contribution is -0.163. The first-order valence-corrected chi connectivity index (χ1v) is 26.2. The predicted octanol–water partition coefficient (Wildman–Crippen LogP) is 17.6. The van der Waals surface area contributed by atoms with Crippen LogP contribution in [0.3, 0.4) is 0 Å². The molecule has 5 nitrogen and oxygen atoms in total. The predicted molar refractivity (Wildman–Crippen MR) is 261 cm³/mol. The first kappa shape index (κ1) is 57.9. The molecule has 0 radical (unpaired) electrons. The molecule has 1 unspecified atom stereocenters. The van der Waals surface area contributed by atoms with Crippen LogP contribution in [0.1, 0.15) is 265 Å². The summed E-state index contributed by atoms with van der Waals surface area (Å²) >= 11 is 0. The smallest absolute Gasteiger partial charge is 0.306 e. The standard InChI is InChI=1S/C55H100O5/c1-4-7-10-13-16-19-21-23-25-27-28-30-31-33-35-37-39-42-45-48-54(56)59-52-53(51-58-50-47-44-41-18-15-12-9-6-3)60-55(57)49-46-43-40-38-36-34-32-29-26-24-22-20-17-14-11-8-5-2/h16-17,19-20,23-26,53H,4-15,18,21-22,27-52H2,1-3H3/b19-16-,20-17-,25-23-,26-24-. The number of hydrogen-bond acceptors (Lipinski definition) is 5. The second-order valence-electron chi connectivity index (χ2n) is 17.4. The van der Waals surface area contributed by atoms with Gasteiger partial charge in [-0.3, -0.25) is 9.59 Å². The van der Waals surface area contributed by atoms with Crippen LogP contribution in [-0.4, -0.2) is 37.9 Å². The van der Waals surface area contributed by atoms with Gasteiger partial charge in [0.1, 0.15) is 6.61 Å². The quantitative estimate of drug-likeness (QED) is 0.0347. The number of carbonyl (C=O) groups excluding carboxylic acids is 2. The van der Waals surface area contributed by atoms with E-state index in [0.717, 1.165) is 57.8 Å². The average Bonchev–Trinajstić information content (AvgIpc) is 3.25. The van der Waals surface area contributed by atoms with Crippen molar-refractivity contribution in [1.29, 1.82) is 0 Å². The second kappa shape index (κ2) is 51.2. The summed E-state index contributed by atoms with van der Waals surface area (Å²) in [5.74, 6) is -0.403. The van der Waals surface area contributed by atoms with E-state index in [0.29, 0.717) is 19.4 Å². The van der Waals surface area contributed by atoms with Crippen LogP contribution in [0.5, 0.6) is 0 Å². The van der Waals surface area contributed by atoms with Crippen LogP contribution in [0.15, 0.2) is 48.6 Å². The van der Waals surface area contributed by atoms with Gasteiger partial charge in [-0.15, -0.1) is 0 Å². The molecular weight excluding hydrogens is 741 g/mol. The van der Waals surface area contributed by atoms with Crippen LogP contribution in [0.4, 0.5) is 0 Å². The molecule has 0 saturated carbocycles. The summed E-state index contributed by atoms with van der Waals surface area (Å²) in [6.07, 6.45) is 62.6. The fraction of sp³-hybridized carbons (Fsp3) is 0.818. The van der Waals surface area contributed by atoms with Crippen molar-refractivity contribution in [3.8, 4) is 0 Å². The molecule has 5 heteroatoms. The van der Waals surface area contributed by atoms with Gasteiger partial charge >= 0.3 is 11.9 Å². The van der Waals surface area contributed by atoms with E-state index in [1.165, 1.54) is 173 Å². The summed E-state index contributed by atoms with van der Waals surface area (Å²) in [5, 5.41) is 0. The molecule has 0 aliphatic heterocycles. The number of rotatable bonds is 48. The normalized spacial score (nSPS) is 12.5. The van der Waals surface area contributed by atoms with E-state index in [-0.39, 0.29) is 25.2 Å². The summed E-state index contributed by atoms with van der Waals surface area (Å²) in [6, 6.07) is 0. The minimum atomic E-state index is -0.537. The fourth-order valence-electron chi connectivity index (χ4n) is 7.39. The van der Waals surface area contributed by atoms with Crippen LogP contribution in [0.2, 0.25) is 0 Å². The summed E-state index contributed by atoms with van der Waals surface area (Å²) in [4.78, 5) is 25.4. The summed E-state index contributed by atoms with van der Waals surface area (Å²) in [5.41, 5.74) is 0. The van der Waals surface area contributed by atoms with Crippen LogP contribution in [-0.2, 0) is 23.8 Å². The number of carbonyl (C=O) groups is 2. The summed E-state index contributed by atoms with van der Waals surface area (Å²) < 4.78 is 17.3. The zero-order valence-corrected chi connectivity index (χ0v) is 40.2. The molecule has 350 valence electrons. The Morgan fingerprint density at radius 3 is 1.13 bits per heavy atom. The van der Waals surface area contributed by atoms with Gasteiger partial charge in [-0.05, 0) is 83.5 Å². The molecular formula is C55H100O5. The van der Waals surface area contributed by atoms with Gasteiger partial charge < -0.3 is 14.2 Å². The Morgan fingerprint density at radius 1 is 0.367 bits per heavy atom. The minimum Gasteiger partial charge on any atom is -0.462 e. The van der Waals surface area contributed by atoms with Crippen molar-refractivity contribution >= 4 is 11.9 Å². The maximum absolute atomic E-state index is 12.8. The van der Waals surface area contributed by atoms with Crippen LogP contribution in [0, 0.1) is 0 Å². The van der Waals surface area contributed by atoms with Crippen molar-refractivity contribution in [2.24, 2.45) is 0 Å². The summed E-state index contributed by atoms with van der Waals surface area (Å²) in [6.45, 7) is 7.78. The van der Waals surface area contributed by atoms with Gasteiger partial charge in [0.15, 0.2) is 6.10 Å².